The zero-order valence-corrected chi connectivity index (χ0v) is 11.6. The lowest BCUT2D eigenvalue weighted by atomic mass is 10.1. The van der Waals surface area contributed by atoms with E-state index in [0.29, 0.717) is 6.61 Å². The number of thiol groups is 1. The van der Waals surface area contributed by atoms with Crippen molar-refractivity contribution in [3.05, 3.63) is 23.9 Å². The fourth-order valence-electron chi connectivity index (χ4n) is 2.38. The molecule has 0 bridgehead atoms. The smallest absolute Gasteiger partial charge is 0.170 e. The van der Waals surface area contributed by atoms with Crippen LogP contribution in [0, 0.1) is 0 Å². The molecule has 102 valence electrons. The van der Waals surface area contributed by atoms with E-state index in [0.717, 1.165) is 54.0 Å². The first-order valence-corrected chi connectivity index (χ1v) is 7.24. The Bertz CT molecular complexity index is 549. The minimum absolute atomic E-state index is 0.212. The van der Waals surface area contributed by atoms with Gasteiger partial charge < -0.3 is 14.0 Å². The van der Waals surface area contributed by atoms with Gasteiger partial charge in [-0.3, -0.25) is 0 Å². The van der Waals surface area contributed by atoms with Crippen molar-refractivity contribution >= 4 is 23.6 Å². The van der Waals surface area contributed by atoms with Crippen LogP contribution in [0.15, 0.2) is 22.7 Å². The number of rotatable bonds is 5. The molecular formula is C14H17NO3S. The molecule has 2 heterocycles. The highest BCUT2D eigenvalue weighted by Gasteiger charge is 2.18. The molecule has 2 aromatic rings. The Morgan fingerprint density at radius 3 is 3.16 bits per heavy atom. The molecule has 0 aliphatic carbocycles. The molecule has 0 N–H and O–H groups in total. The van der Waals surface area contributed by atoms with Crippen LogP contribution >= 0.6 is 12.6 Å². The minimum Gasteiger partial charge on any atom is -0.490 e. The Morgan fingerprint density at radius 2 is 2.37 bits per heavy atom. The summed E-state index contributed by atoms with van der Waals surface area (Å²) in [5.74, 6) is 1.56. The van der Waals surface area contributed by atoms with E-state index >= 15 is 0 Å². The van der Waals surface area contributed by atoms with E-state index in [1.165, 1.54) is 0 Å². The van der Waals surface area contributed by atoms with Crippen LogP contribution in [0.3, 0.4) is 0 Å². The maximum Gasteiger partial charge on any atom is 0.170 e. The molecule has 0 saturated carbocycles. The molecular weight excluding hydrogens is 262 g/mol. The SMILES string of the molecule is SCCc1noc2cccc(OCC3CCCO3)c12. The number of hydrogen-bond acceptors (Lipinski definition) is 5. The van der Waals surface area contributed by atoms with Crippen LogP contribution < -0.4 is 4.74 Å². The first-order valence-electron chi connectivity index (χ1n) is 6.61. The maximum absolute atomic E-state index is 5.90. The summed E-state index contributed by atoms with van der Waals surface area (Å²) in [6, 6.07) is 5.78. The van der Waals surface area contributed by atoms with E-state index in [2.05, 4.69) is 17.8 Å². The number of hydrogen-bond donors (Lipinski definition) is 1. The quantitative estimate of drug-likeness (QED) is 0.855. The fourth-order valence-corrected chi connectivity index (χ4v) is 2.59. The van der Waals surface area contributed by atoms with Gasteiger partial charge in [-0.25, -0.2) is 0 Å². The summed E-state index contributed by atoms with van der Waals surface area (Å²) in [6.45, 7) is 1.43. The highest BCUT2D eigenvalue weighted by atomic mass is 32.1. The highest BCUT2D eigenvalue weighted by molar-refractivity contribution is 7.80. The number of ether oxygens (including phenoxy) is 2. The average molecular weight is 279 g/mol. The van der Waals surface area contributed by atoms with E-state index in [1.807, 2.05) is 18.2 Å². The second kappa shape index (κ2) is 5.84. The summed E-state index contributed by atoms with van der Waals surface area (Å²) >= 11 is 4.25. The van der Waals surface area contributed by atoms with Gasteiger partial charge in [0.25, 0.3) is 0 Å². The molecule has 1 aromatic carbocycles. The van der Waals surface area contributed by atoms with Crippen molar-refractivity contribution in [2.45, 2.75) is 25.4 Å². The lowest BCUT2D eigenvalue weighted by molar-refractivity contribution is 0.0685. The number of aryl methyl sites for hydroxylation is 1. The molecule has 1 saturated heterocycles. The minimum atomic E-state index is 0.212. The standard InChI is InChI=1S/C14H17NO3S/c19-8-6-11-14-12(4-1-5-13(14)18-15-11)17-9-10-3-2-7-16-10/h1,4-5,10,19H,2-3,6-9H2. The lowest BCUT2D eigenvalue weighted by Crippen LogP contribution is -2.16. The molecule has 19 heavy (non-hydrogen) atoms. The van der Waals surface area contributed by atoms with Crippen molar-refractivity contribution in [2.75, 3.05) is 19.0 Å². The number of fused-ring (bicyclic) bond motifs is 1. The molecule has 0 spiro atoms. The van der Waals surface area contributed by atoms with E-state index in [-0.39, 0.29) is 6.10 Å². The normalized spacial score (nSPS) is 19.1. The topological polar surface area (TPSA) is 44.5 Å². The Morgan fingerprint density at radius 1 is 1.42 bits per heavy atom. The van der Waals surface area contributed by atoms with Crippen LogP contribution in [0.25, 0.3) is 11.0 Å². The van der Waals surface area contributed by atoms with Crippen LogP contribution in [0.1, 0.15) is 18.5 Å². The van der Waals surface area contributed by atoms with Gasteiger partial charge in [0.15, 0.2) is 5.58 Å². The summed E-state index contributed by atoms with van der Waals surface area (Å²) < 4.78 is 16.8. The third-order valence-electron chi connectivity index (χ3n) is 3.33. The maximum atomic E-state index is 5.90. The zero-order chi connectivity index (χ0) is 13.1. The van der Waals surface area contributed by atoms with Gasteiger partial charge in [0, 0.05) is 13.0 Å². The van der Waals surface area contributed by atoms with Crippen LogP contribution in [0.2, 0.25) is 0 Å². The van der Waals surface area contributed by atoms with Gasteiger partial charge in [-0.05, 0) is 30.7 Å². The van der Waals surface area contributed by atoms with Crippen LogP contribution in [-0.4, -0.2) is 30.2 Å². The van der Waals surface area contributed by atoms with Gasteiger partial charge in [-0.1, -0.05) is 11.2 Å². The zero-order valence-electron chi connectivity index (χ0n) is 10.7. The van der Waals surface area contributed by atoms with Crippen molar-refractivity contribution in [1.82, 2.24) is 5.16 Å². The lowest BCUT2D eigenvalue weighted by Gasteiger charge is -2.12. The Kier molecular flexibility index (Phi) is 3.94. The van der Waals surface area contributed by atoms with Gasteiger partial charge in [-0.15, -0.1) is 0 Å². The fraction of sp³-hybridized carbons (Fsp3) is 0.500. The van der Waals surface area contributed by atoms with Crippen LogP contribution in [-0.2, 0) is 11.2 Å². The van der Waals surface area contributed by atoms with Crippen molar-refractivity contribution in [2.24, 2.45) is 0 Å². The number of nitrogens with zero attached hydrogens (tertiary/aromatic N) is 1. The third-order valence-corrected chi connectivity index (χ3v) is 3.55. The van der Waals surface area contributed by atoms with Gasteiger partial charge in [0.1, 0.15) is 12.4 Å². The molecule has 1 unspecified atom stereocenters. The third kappa shape index (κ3) is 2.72. The second-order valence-corrected chi connectivity index (χ2v) is 5.13. The van der Waals surface area contributed by atoms with E-state index in [1.54, 1.807) is 0 Å². The molecule has 3 rings (SSSR count). The monoisotopic (exact) mass is 279 g/mol. The number of benzene rings is 1. The summed E-state index contributed by atoms with van der Waals surface area (Å²) in [4.78, 5) is 0. The molecule has 1 atom stereocenters. The van der Waals surface area contributed by atoms with Gasteiger partial charge in [0.2, 0.25) is 0 Å². The summed E-state index contributed by atoms with van der Waals surface area (Å²) in [7, 11) is 0. The largest absolute Gasteiger partial charge is 0.490 e. The predicted octanol–water partition coefficient (Wildman–Crippen LogP) is 2.86. The van der Waals surface area contributed by atoms with Crippen molar-refractivity contribution in [3.63, 3.8) is 0 Å². The first-order chi connectivity index (χ1) is 9.38. The van der Waals surface area contributed by atoms with Crippen LogP contribution in [0.4, 0.5) is 0 Å². The van der Waals surface area contributed by atoms with Crippen molar-refractivity contribution in [3.8, 4) is 5.75 Å². The molecule has 1 aliphatic heterocycles. The Labute approximate surface area is 117 Å². The van der Waals surface area contributed by atoms with Gasteiger partial charge in [-0.2, -0.15) is 12.6 Å². The van der Waals surface area contributed by atoms with Gasteiger partial charge in [0.05, 0.1) is 17.2 Å². The summed E-state index contributed by atoms with van der Waals surface area (Å²) in [6.07, 6.45) is 3.18. The van der Waals surface area contributed by atoms with E-state index < -0.39 is 0 Å². The molecule has 1 aliphatic rings. The first kappa shape index (κ1) is 12.8. The van der Waals surface area contributed by atoms with Crippen molar-refractivity contribution in [1.29, 1.82) is 0 Å². The molecule has 0 amide bonds. The molecule has 1 fully saturated rings. The van der Waals surface area contributed by atoms with E-state index in [4.69, 9.17) is 14.0 Å². The summed E-state index contributed by atoms with van der Waals surface area (Å²) in [5.41, 5.74) is 1.68. The van der Waals surface area contributed by atoms with E-state index in [9.17, 15) is 0 Å². The highest BCUT2D eigenvalue weighted by Crippen LogP contribution is 2.30. The summed E-state index contributed by atoms with van der Waals surface area (Å²) in [5, 5.41) is 5.06. The second-order valence-electron chi connectivity index (χ2n) is 4.68. The molecule has 0 radical (unpaired) electrons. The number of aromatic nitrogens is 1. The van der Waals surface area contributed by atoms with Gasteiger partial charge >= 0.3 is 0 Å². The average Bonchev–Trinajstić information content (AvgIpc) is 3.07. The molecule has 5 heteroatoms. The van der Waals surface area contributed by atoms with Crippen molar-refractivity contribution < 1.29 is 14.0 Å². The molecule has 4 nitrogen and oxygen atoms in total. The molecule has 1 aromatic heterocycles. The van der Waals surface area contributed by atoms with Crippen LogP contribution in [0.5, 0.6) is 5.75 Å². The predicted molar refractivity (Wildman–Crippen MR) is 76.0 cm³/mol. The Hall–Kier alpha value is -1.20. The Balaban J connectivity index is 1.82.